The minimum absolute atomic E-state index is 0.0989. The van der Waals surface area contributed by atoms with Crippen molar-refractivity contribution in [3.63, 3.8) is 0 Å². The quantitative estimate of drug-likeness (QED) is 0.349. The van der Waals surface area contributed by atoms with Crippen molar-refractivity contribution < 1.29 is 9.59 Å². The zero-order chi connectivity index (χ0) is 25.9. The van der Waals surface area contributed by atoms with E-state index in [9.17, 15) is 9.59 Å². The van der Waals surface area contributed by atoms with Gasteiger partial charge in [0.2, 0.25) is 5.95 Å². The van der Waals surface area contributed by atoms with Gasteiger partial charge in [-0.05, 0) is 49.9 Å². The lowest BCUT2D eigenvalue weighted by Crippen LogP contribution is -2.42. The summed E-state index contributed by atoms with van der Waals surface area (Å²) < 4.78 is 1.96. The van der Waals surface area contributed by atoms with Crippen molar-refractivity contribution in [2.24, 2.45) is 12.8 Å². The number of hydrogen-bond acceptors (Lipinski definition) is 6. The maximum atomic E-state index is 12.5. The Morgan fingerprint density at radius 3 is 2.78 bits per heavy atom. The third-order valence-electron chi connectivity index (χ3n) is 6.87. The fourth-order valence-corrected chi connectivity index (χ4v) is 4.87. The van der Waals surface area contributed by atoms with Crippen LogP contribution in [-0.4, -0.2) is 45.1 Å². The van der Waals surface area contributed by atoms with Crippen molar-refractivity contribution in [2.75, 3.05) is 17.6 Å². The summed E-state index contributed by atoms with van der Waals surface area (Å²) in [4.78, 5) is 33.4. The summed E-state index contributed by atoms with van der Waals surface area (Å²) in [5.41, 5.74) is 16.7. The van der Waals surface area contributed by atoms with Crippen LogP contribution in [-0.2, 0) is 13.5 Å². The van der Waals surface area contributed by atoms with E-state index in [1.165, 1.54) is 0 Å². The summed E-state index contributed by atoms with van der Waals surface area (Å²) >= 11 is 0. The van der Waals surface area contributed by atoms with Gasteiger partial charge >= 0.3 is 6.03 Å². The van der Waals surface area contributed by atoms with Gasteiger partial charge in [-0.2, -0.15) is 0 Å². The maximum absolute atomic E-state index is 12.5. The van der Waals surface area contributed by atoms with Gasteiger partial charge in [-0.3, -0.25) is 4.79 Å². The zero-order valence-corrected chi connectivity index (χ0v) is 20.7. The van der Waals surface area contributed by atoms with E-state index in [0.717, 1.165) is 49.1 Å². The van der Waals surface area contributed by atoms with Crippen LogP contribution in [0, 0.1) is 11.8 Å². The second-order valence-corrected chi connectivity index (χ2v) is 9.49. The van der Waals surface area contributed by atoms with E-state index < -0.39 is 0 Å². The highest BCUT2D eigenvalue weighted by atomic mass is 16.2. The number of aromatic nitrogens is 3. The molecule has 190 valence electrons. The molecule has 1 fully saturated rings. The third-order valence-corrected chi connectivity index (χ3v) is 6.87. The van der Waals surface area contributed by atoms with Gasteiger partial charge in [0, 0.05) is 55.2 Å². The smallest absolute Gasteiger partial charge is 0.319 e. The van der Waals surface area contributed by atoms with E-state index in [0.29, 0.717) is 29.1 Å². The zero-order valence-electron chi connectivity index (χ0n) is 20.7. The Kier molecular flexibility index (Phi) is 6.79. The van der Waals surface area contributed by atoms with Gasteiger partial charge in [-0.15, -0.1) is 0 Å². The standard InChI is InChI=1S/C27H30N8O2/c1-35-22-11-12-30-25(36)21(22)14-23(35)24-17(15-31-26(29)34-24)6-5-16-3-2-4-20(13-16)33-27(37)32-19-9-7-18(28)8-10-19/h2-4,13-15,18-19H,7-12,28H2,1H3,(H,30,36)(H2,29,31,34)(H2,32,33,37). The van der Waals surface area contributed by atoms with Crippen molar-refractivity contribution >= 4 is 23.6 Å². The number of hydrogen-bond donors (Lipinski definition) is 5. The lowest BCUT2D eigenvalue weighted by atomic mass is 9.92. The number of rotatable bonds is 3. The molecule has 3 aromatic rings. The molecule has 0 unspecified atom stereocenters. The van der Waals surface area contributed by atoms with Crippen LogP contribution < -0.4 is 27.4 Å². The lowest BCUT2D eigenvalue weighted by Gasteiger charge is -2.26. The molecule has 0 spiro atoms. The summed E-state index contributed by atoms with van der Waals surface area (Å²) in [5, 5.41) is 8.78. The largest absolute Gasteiger partial charge is 0.368 e. The fraction of sp³-hybridized carbons (Fsp3) is 0.333. The maximum Gasteiger partial charge on any atom is 0.319 e. The van der Waals surface area contributed by atoms with Crippen LogP contribution in [0.15, 0.2) is 36.5 Å². The van der Waals surface area contributed by atoms with Crippen LogP contribution in [0.25, 0.3) is 11.4 Å². The van der Waals surface area contributed by atoms with E-state index in [1.54, 1.807) is 6.20 Å². The van der Waals surface area contributed by atoms with Crippen LogP contribution >= 0.6 is 0 Å². The highest BCUT2D eigenvalue weighted by molar-refractivity contribution is 5.98. The SMILES string of the molecule is Cn1c(-c2nc(N)ncc2C#Cc2cccc(NC(=O)NC3CCC(N)CC3)c2)cc2c1CCNC2=O. The summed E-state index contributed by atoms with van der Waals surface area (Å²) in [7, 11) is 1.91. The minimum Gasteiger partial charge on any atom is -0.368 e. The normalized spacial score (nSPS) is 18.7. The second kappa shape index (κ2) is 10.3. The molecule has 5 rings (SSSR count). The summed E-state index contributed by atoms with van der Waals surface area (Å²) in [6.45, 7) is 0.596. The van der Waals surface area contributed by atoms with Crippen molar-refractivity contribution in [2.45, 2.75) is 44.2 Å². The van der Waals surface area contributed by atoms with Crippen molar-refractivity contribution in [1.82, 2.24) is 25.2 Å². The van der Waals surface area contributed by atoms with Crippen molar-refractivity contribution in [1.29, 1.82) is 0 Å². The summed E-state index contributed by atoms with van der Waals surface area (Å²) in [6, 6.07) is 9.28. The number of urea groups is 1. The first kappa shape index (κ1) is 24.3. The van der Waals surface area contributed by atoms with E-state index in [2.05, 4.69) is 37.8 Å². The molecule has 3 amide bonds. The number of nitrogen functional groups attached to an aromatic ring is 1. The molecule has 0 atom stereocenters. The molecule has 7 N–H and O–H groups in total. The number of benzene rings is 1. The average Bonchev–Trinajstić information content (AvgIpc) is 3.22. The van der Waals surface area contributed by atoms with Crippen LogP contribution in [0.3, 0.4) is 0 Å². The van der Waals surface area contributed by atoms with Crippen molar-refractivity contribution in [3.8, 4) is 23.2 Å². The highest BCUT2D eigenvalue weighted by Gasteiger charge is 2.24. The molecule has 0 radical (unpaired) electrons. The number of carbonyl (C=O) groups excluding carboxylic acids is 2. The third kappa shape index (κ3) is 5.42. The molecule has 3 heterocycles. The first-order valence-corrected chi connectivity index (χ1v) is 12.4. The lowest BCUT2D eigenvalue weighted by molar-refractivity contribution is 0.0945. The number of nitrogens with zero attached hydrogens (tertiary/aromatic N) is 3. The number of nitrogens with two attached hydrogens (primary N) is 2. The molecule has 10 heteroatoms. The molecule has 1 aliphatic carbocycles. The van der Waals surface area contributed by atoms with Gasteiger partial charge in [-0.1, -0.05) is 17.9 Å². The molecule has 2 aliphatic rings. The Morgan fingerprint density at radius 1 is 1.19 bits per heavy atom. The number of amides is 3. The van der Waals surface area contributed by atoms with Gasteiger partial charge in [0.05, 0.1) is 16.8 Å². The highest BCUT2D eigenvalue weighted by Crippen LogP contribution is 2.28. The van der Waals surface area contributed by atoms with Gasteiger partial charge in [0.15, 0.2) is 0 Å². The van der Waals surface area contributed by atoms with E-state index in [-0.39, 0.29) is 30.0 Å². The van der Waals surface area contributed by atoms with Crippen molar-refractivity contribution in [3.05, 3.63) is 58.9 Å². The molecule has 2 aromatic heterocycles. The van der Waals surface area contributed by atoms with Gasteiger partial charge in [0.1, 0.15) is 5.69 Å². The molecule has 37 heavy (non-hydrogen) atoms. The van der Waals surface area contributed by atoms with Gasteiger partial charge < -0.3 is 32.0 Å². The van der Waals surface area contributed by atoms with Crippen LogP contribution in [0.1, 0.15) is 52.9 Å². The van der Waals surface area contributed by atoms with E-state index >= 15 is 0 Å². The van der Waals surface area contributed by atoms with Gasteiger partial charge in [0.25, 0.3) is 5.91 Å². The fourth-order valence-electron chi connectivity index (χ4n) is 4.87. The minimum atomic E-state index is -0.239. The van der Waals surface area contributed by atoms with Gasteiger partial charge in [-0.25, -0.2) is 14.8 Å². The molecule has 10 nitrogen and oxygen atoms in total. The Morgan fingerprint density at radius 2 is 2.00 bits per heavy atom. The van der Waals surface area contributed by atoms with Crippen LogP contribution in [0.4, 0.5) is 16.4 Å². The first-order valence-electron chi connectivity index (χ1n) is 12.4. The monoisotopic (exact) mass is 498 g/mol. The number of carbonyl (C=O) groups is 2. The number of nitrogens with one attached hydrogen (secondary N) is 3. The summed E-state index contributed by atoms with van der Waals surface area (Å²) in [6.07, 6.45) is 5.95. The molecule has 1 aliphatic heterocycles. The second-order valence-electron chi connectivity index (χ2n) is 9.49. The Hall–Kier alpha value is -4.36. The molecule has 0 bridgehead atoms. The van der Waals surface area contributed by atoms with E-state index in [1.807, 2.05) is 41.9 Å². The topological polar surface area (TPSA) is 153 Å². The summed E-state index contributed by atoms with van der Waals surface area (Å²) in [5.74, 6) is 6.30. The number of anilines is 2. The average molecular weight is 499 g/mol. The first-order chi connectivity index (χ1) is 17.9. The molecule has 1 aromatic carbocycles. The van der Waals surface area contributed by atoms with Crippen LogP contribution in [0.5, 0.6) is 0 Å². The Labute approximate surface area is 215 Å². The molecule has 0 saturated heterocycles. The molecule has 1 saturated carbocycles. The Bertz CT molecular complexity index is 1410. The molecular formula is C27H30N8O2. The number of fused-ring (bicyclic) bond motifs is 1. The van der Waals surface area contributed by atoms with Crippen LogP contribution in [0.2, 0.25) is 0 Å². The Balaban J connectivity index is 1.36. The van der Waals surface area contributed by atoms with E-state index in [4.69, 9.17) is 11.5 Å². The molecular weight excluding hydrogens is 468 g/mol. The predicted octanol–water partition coefficient (Wildman–Crippen LogP) is 2.14. The predicted molar refractivity (Wildman–Crippen MR) is 142 cm³/mol.